The maximum atomic E-state index is 12.8. The molecule has 0 aliphatic heterocycles. The molecule has 0 amide bonds. The molecule has 0 saturated heterocycles. The van der Waals surface area contributed by atoms with E-state index in [1.54, 1.807) is 0 Å². The smallest absolute Gasteiger partial charge is 0.377 e. The molecule has 160 valence electrons. The van der Waals surface area contributed by atoms with Gasteiger partial charge in [-0.1, -0.05) is 69.6 Å². The summed E-state index contributed by atoms with van der Waals surface area (Å²) in [6.45, 7) is 0. The van der Waals surface area contributed by atoms with Crippen molar-refractivity contribution in [2.75, 3.05) is 14.2 Å². The molecule has 2 rings (SSSR count). The fourth-order valence-electron chi connectivity index (χ4n) is 2.01. The normalized spacial score (nSPS) is 11.1. The first-order valence-corrected chi connectivity index (χ1v) is 9.91. The molecule has 0 saturated carbocycles. The third-order valence-electron chi connectivity index (χ3n) is 3.36. The molecule has 2 aromatic rings. The zero-order valence-corrected chi connectivity index (χ0v) is 19.6. The Kier molecular flexibility index (Phi) is 8.79. The Labute approximate surface area is 201 Å². The Bertz CT molecular complexity index is 1010. The minimum absolute atomic E-state index is 0.100. The topological polar surface area (TPSA) is 71.1 Å². The predicted octanol–water partition coefficient (Wildman–Crippen LogP) is 6.87. The van der Waals surface area contributed by atoms with E-state index in [1.807, 2.05) is 0 Å². The number of carbonyl (C=O) groups is 2. The second kappa shape index (κ2) is 10.7. The molecule has 0 heterocycles. The van der Waals surface area contributed by atoms with Crippen LogP contribution in [0, 0.1) is 0 Å². The van der Waals surface area contributed by atoms with Crippen LogP contribution >= 0.6 is 69.6 Å². The van der Waals surface area contributed by atoms with Gasteiger partial charge in [-0.3, -0.25) is 0 Å². The average molecular weight is 535 g/mol. The van der Waals surface area contributed by atoms with Crippen LogP contribution in [0.4, 0.5) is 0 Å². The molecule has 0 atom stereocenters. The van der Waals surface area contributed by atoms with Crippen LogP contribution in [0.3, 0.4) is 0 Å². The number of rotatable bonds is 6. The number of halogens is 6. The van der Waals surface area contributed by atoms with Crippen molar-refractivity contribution in [3.63, 3.8) is 0 Å². The maximum Gasteiger partial charge on any atom is 0.377 e. The molecule has 0 fully saturated rings. The molecule has 0 aromatic heterocycles. The molecule has 12 heteroatoms. The van der Waals surface area contributed by atoms with Gasteiger partial charge < -0.3 is 18.9 Å². The van der Waals surface area contributed by atoms with Crippen LogP contribution in [0.5, 0.6) is 11.5 Å². The van der Waals surface area contributed by atoms with E-state index in [-0.39, 0.29) is 53.0 Å². The van der Waals surface area contributed by atoms with Crippen molar-refractivity contribution >= 4 is 81.5 Å². The van der Waals surface area contributed by atoms with E-state index in [2.05, 4.69) is 4.74 Å². The fraction of sp³-hybridized carbons (Fsp3) is 0.111. The van der Waals surface area contributed by atoms with E-state index >= 15 is 0 Å². The summed E-state index contributed by atoms with van der Waals surface area (Å²) >= 11 is 36.0. The Morgan fingerprint density at radius 2 is 1.40 bits per heavy atom. The molecule has 0 unspecified atom stereocenters. The summed E-state index contributed by atoms with van der Waals surface area (Å²) in [5.41, 5.74) is -0.178. The van der Waals surface area contributed by atoms with Crippen molar-refractivity contribution in [2.45, 2.75) is 0 Å². The van der Waals surface area contributed by atoms with Gasteiger partial charge in [-0.15, -0.1) is 0 Å². The molecule has 0 spiro atoms. The van der Waals surface area contributed by atoms with Crippen molar-refractivity contribution in [2.24, 2.45) is 0 Å². The lowest BCUT2D eigenvalue weighted by Gasteiger charge is -2.15. The number of hydrogen-bond acceptors (Lipinski definition) is 6. The van der Waals surface area contributed by atoms with Crippen LogP contribution in [-0.4, -0.2) is 26.2 Å². The second-order valence-corrected chi connectivity index (χ2v) is 7.57. The highest BCUT2D eigenvalue weighted by atomic mass is 35.5. The van der Waals surface area contributed by atoms with Gasteiger partial charge in [0.05, 0.1) is 29.3 Å². The van der Waals surface area contributed by atoms with Crippen molar-refractivity contribution in [1.29, 1.82) is 0 Å². The summed E-state index contributed by atoms with van der Waals surface area (Å²) in [7, 11) is 2.44. The van der Waals surface area contributed by atoms with E-state index in [9.17, 15) is 9.59 Å². The van der Waals surface area contributed by atoms with Gasteiger partial charge in [0.25, 0.3) is 0 Å². The van der Waals surface area contributed by atoms with Gasteiger partial charge in [0.1, 0.15) is 27.6 Å². The molecular formula is C18H10Cl6O6. The zero-order valence-electron chi connectivity index (χ0n) is 15.0. The standard InChI is InChI=1S/C18H10Cl6O6/c1-27-6-10(18(26)28-2)29-9-4-3-7(19)5-8(9)17(25)30-16-14(23)12(21)11(20)13(22)15(16)24/h3-6H,1-2H3. The fourth-order valence-corrected chi connectivity index (χ4v) is 3.38. The number of ether oxygens (including phenoxy) is 4. The van der Waals surface area contributed by atoms with Crippen molar-refractivity contribution < 1.29 is 28.5 Å². The SMILES string of the molecule is COC=C(Oc1ccc(Cl)cc1C(=O)Oc1c(Cl)c(Cl)c(Cl)c(Cl)c1Cl)C(=O)OC. The van der Waals surface area contributed by atoms with E-state index in [0.717, 1.165) is 13.4 Å². The average Bonchev–Trinajstić information content (AvgIpc) is 2.73. The second-order valence-electron chi connectivity index (χ2n) is 5.24. The van der Waals surface area contributed by atoms with Crippen LogP contribution in [0.2, 0.25) is 30.1 Å². The Balaban J connectivity index is 2.48. The quantitative estimate of drug-likeness (QED) is 0.101. The highest BCUT2D eigenvalue weighted by Crippen LogP contribution is 2.48. The van der Waals surface area contributed by atoms with E-state index < -0.39 is 11.9 Å². The highest BCUT2D eigenvalue weighted by Gasteiger charge is 2.26. The van der Waals surface area contributed by atoms with Gasteiger partial charge in [0.15, 0.2) is 5.75 Å². The largest absolute Gasteiger partial charge is 0.500 e. The summed E-state index contributed by atoms with van der Waals surface area (Å²) in [6, 6.07) is 3.99. The molecule has 0 aliphatic carbocycles. The van der Waals surface area contributed by atoms with Gasteiger partial charge >= 0.3 is 11.9 Å². The van der Waals surface area contributed by atoms with E-state index in [1.165, 1.54) is 25.3 Å². The molecule has 0 radical (unpaired) electrons. The van der Waals surface area contributed by atoms with Gasteiger partial charge in [-0.2, -0.15) is 0 Å². The van der Waals surface area contributed by atoms with Crippen LogP contribution in [0.15, 0.2) is 30.2 Å². The van der Waals surface area contributed by atoms with Gasteiger partial charge in [0.2, 0.25) is 5.76 Å². The molecular weight excluding hydrogens is 525 g/mol. The molecule has 6 nitrogen and oxygen atoms in total. The van der Waals surface area contributed by atoms with Crippen molar-refractivity contribution in [3.05, 3.63) is 65.9 Å². The molecule has 2 aromatic carbocycles. The van der Waals surface area contributed by atoms with Crippen LogP contribution in [0.1, 0.15) is 10.4 Å². The van der Waals surface area contributed by atoms with E-state index in [0.29, 0.717) is 0 Å². The monoisotopic (exact) mass is 532 g/mol. The minimum atomic E-state index is -0.993. The van der Waals surface area contributed by atoms with Crippen LogP contribution in [-0.2, 0) is 14.3 Å². The van der Waals surface area contributed by atoms with E-state index in [4.69, 9.17) is 83.8 Å². The molecule has 0 bridgehead atoms. The summed E-state index contributed by atoms with van der Waals surface area (Å²) < 4.78 is 20.1. The number of carbonyl (C=O) groups excluding carboxylic acids is 2. The van der Waals surface area contributed by atoms with Gasteiger partial charge in [-0.05, 0) is 18.2 Å². The Morgan fingerprint density at radius 1 is 0.833 bits per heavy atom. The third-order valence-corrected chi connectivity index (χ3v) is 5.83. The number of methoxy groups -OCH3 is 2. The molecule has 30 heavy (non-hydrogen) atoms. The highest BCUT2D eigenvalue weighted by molar-refractivity contribution is 6.55. The number of benzene rings is 2. The summed E-state index contributed by atoms with van der Waals surface area (Å²) in [4.78, 5) is 24.6. The van der Waals surface area contributed by atoms with Gasteiger partial charge in [0, 0.05) is 5.02 Å². The van der Waals surface area contributed by atoms with Crippen LogP contribution in [0.25, 0.3) is 0 Å². The summed E-state index contributed by atoms with van der Waals surface area (Å²) in [5, 5.41) is -0.712. The zero-order chi connectivity index (χ0) is 22.6. The third kappa shape index (κ3) is 5.38. The lowest BCUT2D eigenvalue weighted by atomic mass is 10.2. The predicted molar refractivity (Wildman–Crippen MR) is 116 cm³/mol. The summed E-state index contributed by atoms with van der Waals surface area (Å²) in [6.07, 6.45) is 0.988. The number of hydrogen-bond donors (Lipinski definition) is 0. The molecule has 0 N–H and O–H groups in total. The van der Waals surface area contributed by atoms with Crippen molar-refractivity contribution in [3.8, 4) is 11.5 Å². The first-order chi connectivity index (χ1) is 14.1. The Hall–Kier alpha value is -1.54. The minimum Gasteiger partial charge on any atom is -0.500 e. The lowest BCUT2D eigenvalue weighted by Crippen LogP contribution is -2.15. The summed E-state index contributed by atoms with van der Waals surface area (Å²) in [5.74, 6) is -2.61. The Morgan fingerprint density at radius 3 is 1.93 bits per heavy atom. The molecule has 0 aliphatic rings. The van der Waals surface area contributed by atoms with Crippen molar-refractivity contribution in [1.82, 2.24) is 0 Å². The number of esters is 2. The lowest BCUT2D eigenvalue weighted by molar-refractivity contribution is -0.138. The van der Waals surface area contributed by atoms with Gasteiger partial charge in [-0.25, -0.2) is 9.59 Å². The first-order valence-electron chi connectivity index (χ1n) is 7.64. The maximum absolute atomic E-state index is 12.8. The van der Waals surface area contributed by atoms with Crippen LogP contribution < -0.4 is 9.47 Å². The first kappa shape index (κ1) is 24.7.